The van der Waals surface area contributed by atoms with Gasteiger partial charge in [-0.05, 0) is 24.6 Å². The molecule has 1 spiro atoms. The monoisotopic (exact) mass is 353 g/mol. The van der Waals surface area contributed by atoms with Crippen LogP contribution < -0.4 is 5.69 Å². The Morgan fingerprint density at radius 3 is 2.29 bits per heavy atom. The minimum atomic E-state index is -3.63. The van der Waals surface area contributed by atoms with Gasteiger partial charge in [0.2, 0.25) is 10.0 Å². The highest BCUT2D eigenvalue weighted by Crippen LogP contribution is 2.34. The van der Waals surface area contributed by atoms with Gasteiger partial charge in [0.1, 0.15) is 0 Å². The van der Waals surface area contributed by atoms with Crippen LogP contribution in [0.5, 0.6) is 0 Å². The van der Waals surface area contributed by atoms with E-state index in [1.165, 1.54) is 10.4 Å². The zero-order valence-electron chi connectivity index (χ0n) is 13.3. The molecule has 2 N–H and O–H groups in total. The molecule has 0 bridgehead atoms. The van der Waals surface area contributed by atoms with Crippen molar-refractivity contribution in [3.63, 3.8) is 0 Å². The normalized spacial score (nSPS) is 21.7. The van der Waals surface area contributed by atoms with Crippen LogP contribution in [0.3, 0.4) is 0 Å². The third kappa shape index (κ3) is 2.48. The number of H-pyrrole nitrogens is 2. The molecule has 2 aliphatic rings. The molecule has 0 aliphatic carbocycles. The number of fused-ring (bicyclic) bond motifs is 1. The van der Waals surface area contributed by atoms with E-state index in [4.69, 9.17) is 9.47 Å². The minimum absolute atomic E-state index is 0.217. The number of rotatable bonds is 2. The topological polar surface area (TPSA) is 104 Å². The summed E-state index contributed by atoms with van der Waals surface area (Å²) in [7, 11) is -3.63. The lowest BCUT2D eigenvalue weighted by Gasteiger charge is -2.37. The van der Waals surface area contributed by atoms with Gasteiger partial charge in [-0.3, -0.25) is 0 Å². The van der Waals surface area contributed by atoms with Crippen LogP contribution in [0.1, 0.15) is 18.4 Å². The first-order valence-corrected chi connectivity index (χ1v) is 9.34. The molecule has 130 valence electrons. The van der Waals surface area contributed by atoms with Crippen LogP contribution in [0.4, 0.5) is 0 Å². The van der Waals surface area contributed by atoms with E-state index in [9.17, 15) is 13.2 Å². The SMILES string of the molecule is Cc1cc2[nH]c(=O)[nH]c2cc1S(=O)(=O)N1CCC2(CC1)OCCO2. The van der Waals surface area contributed by atoms with Gasteiger partial charge < -0.3 is 19.4 Å². The Hall–Kier alpha value is -1.68. The van der Waals surface area contributed by atoms with Crippen molar-refractivity contribution in [3.05, 3.63) is 28.2 Å². The van der Waals surface area contributed by atoms with Crippen LogP contribution in [0.25, 0.3) is 11.0 Å². The lowest BCUT2D eigenvalue weighted by Crippen LogP contribution is -2.47. The lowest BCUT2D eigenvalue weighted by molar-refractivity contribution is -0.179. The van der Waals surface area contributed by atoms with E-state index in [0.717, 1.165) is 0 Å². The number of aryl methyl sites for hydroxylation is 1. The number of benzene rings is 1. The van der Waals surface area contributed by atoms with Gasteiger partial charge >= 0.3 is 5.69 Å². The molecular weight excluding hydrogens is 334 g/mol. The second kappa shape index (κ2) is 5.41. The quantitative estimate of drug-likeness (QED) is 0.827. The first-order chi connectivity index (χ1) is 11.4. The van der Waals surface area contributed by atoms with E-state index in [0.29, 0.717) is 55.7 Å². The van der Waals surface area contributed by atoms with E-state index in [1.807, 2.05) is 0 Å². The van der Waals surface area contributed by atoms with Gasteiger partial charge in [0.25, 0.3) is 0 Å². The fraction of sp³-hybridized carbons (Fsp3) is 0.533. The van der Waals surface area contributed by atoms with Gasteiger partial charge in [0.15, 0.2) is 5.79 Å². The number of imidazole rings is 1. The standard InChI is InChI=1S/C15H19N3O5S/c1-10-8-11-12(17-14(19)16-11)9-13(10)24(20,21)18-4-2-15(3-5-18)22-6-7-23-15/h8-9H,2-7H2,1H3,(H2,16,17,19). The number of ether oxygens (including phenoxy) is 2. The number of hydrogen-bond donors (Lipinski definition) is 2. The molecule has 2 saturated heterocycles. The summed E-state index contributed by atoms with van der Waals surface area (Å²) in [5, 5.41) is 0. The highest BCUT2D eigenvalue weighted by atomic mass is 32.2. The third-order valence-electron chi connectivity index (χ3n) is 4.73. The molecule has 3 heterocycles. The van der Waals surface area contributed by atoms with E-state index in [-0.39, 0.29) is 10.6 Å². The van der Waals surface area contributed by atoms with Crippen LogP contribution in [0.15, 0.2) is 21.8 Å². The molecule has 9 heteroatoms. The van der Waals surface area contributed by atoms with E-state index >= 15 is 0 Å². The Balaban J connectivity index is 1.65. The first kappa shape index (κ1) is 15.8. The van der Waals surface area contributed by atoms with E-state index < -0.39 is 15.8 Å². The van der Waals surface area contributed by atoms with E-state index in [2.05, 4.69) is 9.97 Å². The molecule has 1 aromatic carbocycles. The Morgan fingerprint density at radius 2 is 1.67 bits per heavy atom. The average Bonchev–Trinajstić information content (AvgIpc) is 3.12. The van der Waals surface area contributed by atoms with Gasteiger partial charge in [-0.1, -0.05) is 0 Å². The summed E-state index contributed by atoms with van der Waals surface area (Å²) in [5.74, 6) is -0.614. The molecule has 1 aromatic heterocycles. The predicted molar refractivity (Wildman–Crippen MR) is 86.3 cm³/mol. The van der Waals surface area contributed by atoms with E-state index in [1.54, 1.807) is 13.0 Å². The fourth-order valence-electron chi connectivity index (χ4n) is 3.44. The van der Waals surface area contributed by atoms with Gasteiger partial charge in [-0.2, -0.15) is 4.31 Å². The summed E-state index contributed by atoms with van der Waals surface area (Å²) in [6.45, 7) is 3.55. The molecule has 4 rings (SSSR count). The second-order valence-corrected chi connectivity index (χ2v) is 8.16. The van der Waals surface area contributed by atoms with Crippen molar-refractivity contribution in [1.29, 1.82) is 0 Å². The average molecular weight is 353 g/mol. The highest BCUT2D eigenvalue weighted by molar-refractivity contribution is 7.89. The summed E-state index contributed by atoms with van der Waals surface area (Å²) >= 11 is 0. The van der Waals surface area contributed by atoms with Crippen molar-refractivity contribution in [1.82, 2.24) is 14.3 Å². The number of sulfonamides is 1. The molecule has 0 saturated carbocycles. The van der Waals surface area contributed by atoms with Crippen LogP contribution >= 0.6 is 0 Å². The largest absolute Gasteiger partial charge is 0.347 e. The zero-order valence-corrected chi connectivity index (χ0v) is 14.1. The number of aromatic nitrogens is 2. The first-order valence-electron chi connectivity index (χ1n) is 7.90. The Morgan fingerprint density at radius 1 is 1.08 bits per heavy atom. The Kier molecular flexibility index (Phi) is 3.57. The molecule has 0 unspecified atom stereocenters. The maximum absolute atomic E-state index is 13.0. The number of aromatic amines is 2. The van der Waals surface area contributed by atoms with Crippen LogP contribution in [0, 0.1) is 6.92 Å². The molecule has 2 fully saturated rings. The molecular formula is C15H19N3O5S. The van der Waals surface area contributed by atoms with Crippen LogP contribution in [-0.2, 0) is 19.5 Å². The van der Waals surface area contributed by atoms with Crippen molar-refractivity contribution >= 4 is 21.1 Å². The summed E-state index contributed by atoms with van der Waals surface area (Å²) in [6, 6.07) is 3.19. The van der Waals surface area contributed by atoms with Crippen molar-refractivity contribution in [2.24, 2.45) is 0 Å². The van der Waals surface area contributed by atoms with Crippen molar-refractivity contribution in [2.75, 3.05) is 26.3 Å². The molecule has 2 aliphatic heterocycles. The molecule has 24 heavy (non-hydrogen) atoms. The van der Waals surface area contributed by atoms with Crippen molar-refractivity contribution in [2.45, 2.75) is 30.4 Å². The number of nitrogens with one attached hydrogen (secondary N) is 2. The van der Waals surface area contributed by atoms with Gasteiger partial charge in [0, 0.05) is 25.9 Å². The van der Waals surface area contributed by atoms with Crippen LogP contribution in [-0.4, -0.2) is 54.8 Å². The Labute approximate surface area is 138 Å². The summed E-state index contributed by atoms with van der Waals surface area (Å²) in [5.41, 5.74) is 1.34. The lowest BCUT2D eigenvalue weighted by atomic mass is 10.1. The van der Waals surface area contributed by atoms with Gasteiger partial charge in [0.05, 0.1) is 29.1 Å². The van der Waals surface area contributed by atoms with Crippen LogP contribution in [0.2, 0.25) is 0 Å². The van der Waals surface area contributed by atoms with Gasteiger partial charge in [-0.15, -0.1) is 0 Å². The van der Waals surface area contributed by atoms with Gasteiger partial charge in [-0.25, -0.2) is 13.2 Å². The Bertz CT molecular complexity index is 930. The summed E-state index contributed by atoms with van der Waals surface area (Å²) in [4.78, 5) is 16.9. The smallest absolute Gasteiger partial charge is 0.323 e. The molecule has 8 nitrogen and oxygen atoms in total. The number of piperidine rings is 1. The highest BCUT2D eigenvalue weighted by Gasteiger charge is 2.42. The minimum Gasteiger partial charge on any atom is -0.347 e. The predicted octanol–water partition coefficient (Wildman–Crippen LogP) is 0.692. The zero-order chi connectivity index (χ0) is 16.9. The summed E-state index contributed by atoms with van der Waals surface area (Å²) in [6.07, 6.45) is 1.04. The van der Waals surface area contributed by atoms with Crippen molar-refractivity contribution in [3.8, 4) is 0 Å². The molecule has 0 radical (unpaired) electrons. The maximum Gasteiger partial charge on any atom is 0.323 e. The number of hydrogen-bond acceptors (Lipinski definition) is 5. The van der Waals surface area contributed by atoms with Crippen molar-refractivity contribution < 1.29 is 17.9 Å². The molecule has 0 amide bonds. The number of nitrogens with zero attached hydrogens (tertiary/aromatic N) is 1. The fourth-order valence-corrected chi connectivity index (χ4v) is 5.11. The molecule has 0 atom stereocenters. The molecule has 2 aromatic rings. The third-order valence-corrected chi connectivity index (χ3v) is 6.77. The maximum atomic E-state index is 13.0. The second-order valence-electron chi connectivity index (χ2n) is 6.25. The summed E-state index contributed by atoms with van der Waals surface area (Å²) < 4.78 is 38.8.